The number of imidazole rings is 2. The Morgan fingerprint density at radius 1 is 0.911 bits per heavy atom. The van der Waals surface area contributed by atoms with Crippen molar-refractivity contribution in [3.8, 4) is 23.1 Å². The lowest BCUT2D eigenvalue weighted by atomic mass is 10.0. The number of H-pyrrole nitrogens is 2. The zero-order chi connectivity index (χ0) is 39.6. The normalized spacial score (nSPS) is 19.8. The smallest absolute Gasteiger partial charge is 0.407 e. The van der Waals surface area contributed by atoms with Crippen LogP contribution in [0, 0.1) is 17.8 Å². The molecule has 0 unspecified atom stereocenters. The topological polar surface area (TPSA) is 206 Å². The van der Waals surface area contributed by atoms with Gasteiger partial charge in [0.25, 0.3) is 0 Å². The molecule has 5 N–H and O–H groups in total. The number of ether oxygens (including phenoxy) is 3. The van der Waals surface area contributed by atoms with Gasteiger partial charge < -0.3 is 45.0 Å². The number of methoxy groups -OCH3 is 2. The number of rotatable bonds is 7. The summed E-state index contributed by atoms with van der Waals surface area (Å²) >= 11 is 0. The number of fused-ring (bicyclic) bond motifs is 1. The maximum absolute atomic E-state index is 13.5. The van der Waals surface area contributed by atoms with Gasteiger partial charge in [0, 0.05) is 37.1 Å². The lowest BCUT2D eigenvalue weighted by Gasteiger charge is -2.29. The number of hydrogen-bond donors (Lipinski definition) is 5. The van der Waals surface area contributed by atoms with Gasteiger partial charge in [0.05, 0.1) is 49.2 Å². The van der Waals surface area contributed by atoms with Crippen molar-refractivity contribution in [1.82, 2.24) is 45.8 Å². The highest BCUT2D eigenvalue weighted by molar-refractivity contribution is 5.87. The first-order chi connectivity index (χ1) is 27.1. The van der Waals surface area contributed by atoms with Crippen LogP contribution in [0.5, 0.6) is 0 Å². The minimum Gasteiger partial charge on any atom is -0.453 e. The van der Waals surface area contributed by atoms with Crippen LogP contribution in [-0.2, 0) is 23.8 Å². The van der Waals surface area contributed by atoms with Crippen LogP contribution in [0.1, 0.15) is 93.8 Å². The molecule has 2 aliphatic heterocycles. The number of alkyl carbamates (subject to hydrolysis) is 2. The molecule has 1 aromatic carbocycles. The Morgan fingerprint density at radius 2 is 1.75 bits per heavy atom. The van der Waals surface area contributed by atoms with Crippen molar-refractivity contribution >= 4 is 35.0 Å². The lowest BCUT2D eigenvalue weighted by molar-refractivity contribution is -0.135. The van der Waals surface area contributed by atoms with Gasteiger partial charge in [-0.15, -0.1) is 0 Å². The van der Waals surface area contributed by atoms with Crippen molar-refractivity contribution < 1.29 is 33.4 Å². The van der Waals surface area contributed by atoms with Gasteiger partial charge in [-0.05, 0) is 74.3 Å². The number of amides is 4. The van der Waals surface area contributed by atoms with Crippen molar-refractivity contribution in [2.75, 3.05) is 34.0 Å². The van der Waals surface area contributed by atoms with Gasteiger partial charge in [-0.1, -0.05) is 32.6 Å². The second-order valence-corrected chi connectivity index (χ2v) is 14.3. The van der Waals surface area contributed by atoms with Gasteiger partial charge in [0.2, 0.25) is 11.8 Å². The molecule has 0 spiro atoms. The Morgan fingerprint density at radius 3 is 2.52 bits per heavy atom. The van der Waals surface area contributed by atoms with Crippen LogP contribution in [0.3, 0.4) is 0 Å². The highest BCUT2D eigenvalue weighted by Gasteiger charge is 2.37. The van der Waals surface area contributed by atoms with Crippen LogP contribution >= 0.6 is 0 Å². The molecule has 0 aliphatic carbocycles. The minimum atomic E-state index is -0.724. The molecule has 0 bridgehead atoms. The second-order valence-electron chi connectivity index (χ2n) is 14.3. The molecule has 0 saturated carbocycles. The third-order valence-corrected chi connectivity index (χ3v) is 10.0. The summed E-state index contributed by atoms with van der Waals surface area (Å²) in [6, 6.07) is 7.31. The Balaban J connectivity index is 1.12. The van der Waals surface area contributed by atoms with E-state index in [9.17, 15) is 19.2 Å². The Bertz CT molecular complexity index is 2070. The highest BCUT2D eigenvalue weighted by Crippen LogP contribution is 2.33. The number of carbonyl (C=O) groups excluding carboxylic acids is 4. The van der Waals surface area contributed by atoms with Crippen LogP contribution in [0.15, 0.2) is 42.7 Å². The molecule has 296 valence electrons. The molecule has 4 aromatic rings. The molecule has 2 saturated heterocycles. The van der Waals surface area contributed by atoms with Crippen molar-refractivity contribution in [3.63, 3.8) is 0 Å². The van der Waals surface area contributed by atoms with Gasteiger partial charge in [0.1, 0.15) is 29.4 Å². The second kappa shape index (κ2) is 18.6. The Hall–Kier alpha value is -5.95. The van der Waals surface area contributed by atoms with E-state index in [4.69, 9.17) is 19.2 Å². The molecular formula is C40H49N9O7. The van der Waals surface area contributed by atoms with E-state index in [1.165, 1.54) is 14.2 Å². The summed E-state index contributed by atoms with van der Waals surface area (Å²) in [6.45, 7) is 5.41. The van der Waals surface area contributed by atoms with E-state index in [1.54, 1.807) is 17.3 Å². The fraction of sp³-hybridized carbons (Fsp3) is 0.475. The lowest BCUT2D eigenvalue weighted by Crippen LogP contribution is -2.51. The number of nitrogens with zero attached hydrogens (tertiary/aromatic N) is 4. The van der Waals surface area contributed by atoms with Gasteiger partial charge in [0.15, 0.2) is 0 Å². The third-order valence-electron chi connectivity index (χ3n) is 10.0. The molecule has 16 heteroatoms. The average Bonchev–Trinajstić information content (AvgIpc) is 3.98. The predicted molar refractivity (Wildman–Crippen MR) is 206 cm³/mol. The molecule has 0 radical (unpaired) electrons. The fourth-order valence-electron chi connectivity index (χ4n) is 6.93. The minimum absolute atomic E-state index is 0.122. The van der Waals surface area contributed by atoms with Crippen molar-refractivity contribution in [1.29, 1.82) is 0 Å². The van der Waals surface area contributed by atoms with Crippen molar-refractivity contribution in [2.24, 2.45) is 5.92 Å². The van der Waals surface area contributed by atoms with E-state index >= 15 is 0 Å². The average molecular weight is 768 g/mol. The summed E-state index contributed by atoms with van der Waals surface area (Å²) in [6.07, 6.45) is 7.21. The summed E-state index contributed by atoms with van der Waals surface area (Å²) in [5.41, 5.74) is 4.43. The molecule has 56 heavy (non-hydrogen) atoms. The number of aromatic nitrogens is 5. The van der Waals surface area contributed by atoms with Crippen LogP contribution in [0.4, 0.5) is 9.59 Å². The molecule has 5 heterocycles. The Labute approximate surface area is 325 Å². The van der Waals surface area contributed by atoms with Crippen molar-refractivity contribution in [3.05, 3.63) is 65.6 Å². The zero-order valence-electron chi connectivity index (χ0n) is 32.1. The molecule has 3 aromatic heterocycles. The molecule has 2 aliphatic rings. The van der Waals surface area contributed by atoms with E-state index in [0.717, 1.165) is 60.0 Å². The maximum Gasteiger partial charge on any atom is 0.407 e. The number of likely N-dealkylation sites (tertiary alicyclic amines) is 1. The van der Waals surface area contributed by atoms with E-state index in [-0.39, 0.29) is 23.8 Å². The first-order valence-corrected chi connectivity index (χ1v) is 19.0. The summed E-state index contributed by atoms with van der Waals surface area (Å²) < 4.78 is 15.3. The molecular weight excluding hydrogens is 718 g/mol. The summed E-state index contributed by atoms with van der Waals surface area (Å²) in [5.74, 6) is 6.98. The monoisotopic (exact) mass is 767 g/mol. The summed E-state index contributed by atoms with van der Waals surface area (Å²) in [7, 11) is 2.55. The van der Waals surface area contributed by atoms with Crippen molar-refractivity contribution in [2.45, 2.75) is 83.0 Å². The number of carbonyl (C=O) groups is 4. The zero-order valence-corrected chi connectivity index (χ0v) is 32.1. The van der Waals surface area contributed by atoms with Crippen LogP contribution in [0.2, 0.25) is 0 Å². The summed E-state index contributed by atoms with van der Waals surface area (Å²) in [5, 5.41) is 8.36. The van der Waals surface area contributed by atoms with Crippen LogP contribution in [-0.4, -0.2) is 99.9 Å². The van der Waals surface area contributed by atoms with Gasteiger partial charge >= 0.3 is 12.2 Å². The first kappa shape index (κ1) is 39.7. The molecule has 6 rings (SSSR count). The van der Waals surface area contributed by atoms with E-state index in [0.29, 0.717) is 49.9 Å². The Kier molecular flexibility index (Phi) is 13.2. The number of pyridine rings is 1. The van der Waals surface area contributed by atoms with E-state index in [2.05, 4.69) is 47.7 Å². The number of nitrogens with one attached hydrogen (secondary N) is 5. The van der Waals surface area contributed by atoms with Gasteiger partial charge in [-0.3, -0.25) is 9.59 Å². The quantitative estimate of drug-likeness (QED) is 0.165. The summed E-state index contributed by atoms with van der Waals surface area (Å²) in [4.78, 5) is 73.1. The molecule has 2 fully saturated rings. The number of aromatic amines is 2. The molecule has 4 atom stereocenters. The van der Waals surface area contributed by atoms with Gasteiger partial charge in [-0.25, -0.2) is 24.5 Å². The van der Waals surface area contributed by atoms with E-state index in [1.807, 2.05) is 44.2 Å². The standard InChI is InChI=1S/C40H49N9O7/c1-24(2)34(48-40(53)55-4)38(51)49-18-8-10-33(49)36-43-28-16-12-25(21-31(28)44-36)11-14-27-15-13-26(22-41-27)32-23-42-35(45-32)29-17-20-56-19-7-5-6-9-30(37(50)46-29)47-39(52)54-3/h12-13,15-16,21-24,29-30,33-34H,5-10,17-20H2,1-4H3,(H,42,45)(H,43,44)(H,46,50)(H,47,52)(H,48,53)/t29-,30-,33-,34-/m0/s1. The SMILES string of the molecule is COC(=O)N[C@H]1CCCCCOCC[C@@H](c2ncc(-c3ccc(C#Cc4ccc5nc([C@@H]6CCCN6C(=O)[C@@H](NC(=O)OC)C(C)C)[nH]c5c4)nc3)[nH]2)NC1=O. The largest absolute Gasteiger partial charge is 0.453 e. The highest BCUT2D eigenvalue weighted by atomic mass is 16.5. The van der Waals surface area contributed by atoms with Crippen LogP contribution in [0.25, 0.3) is 22.3 Å². The molecule has 4 amide bonds. The predicted octanol–water partition coefficient (Wildman–Crippen LogP) is 4.65. The number of benzene rings is 1. The molecule has 16 nitrogen and oxygen atoms in total. The maximum atomic E-state index is 13.5. The van der Waals surface area contributed by atoms with Gasteiger partial charge in [-0.2, -0.15) is 0 Å². The van der Waals surface area contributed by atoms with Crippen LogP contribution < -0.4 is 16.0 Å². The number of hydrogen-bond acceptors (Lipinski definition) is 10. The third kappa shape index (κ3) is 9.82. The first-order valence-electron chi connectivity index (χ1n) is 19.0. The fourth-order valence-corrected chi connectivity index (χ4v) is 6.93. The van der Waals surface area contributed by atoms with E-state index < -0.39 is 30.3 Å².